The Morgan fingerprint density at radius 2 is 2.11 bits per heavy atom. The van der Waals surface area contributed by atoms with Gasteiger partial charge in [-0.05, 0) is 6.07 Å². The molecule has 0 aliphatic carbocycles. The first kappa shape index (κ1) is 12.3. The summed E-state index contributed by atoms with van der Waals surface area (Å²) in [5, 5.41) is 0. The summed E-state index contributed by atoms with van der Waals surface area (Å²) in [7, 11) is -2.55. The molecule has 5 nitrogen and oxygen atoms in total. The van der Waals surface area contributed by atoms with E-state index in [9.17, 15) is 13.2 Å². The van der Waals surface area contributed by atoms with E-state index in [2.05, 4.69) is 11.6 Å². The third-order valence-corrected chi connectivity index (χ3v) is 3.03. The Morgan fingerprint density at radius 1 is 1.39 bits per heavy atom. The first-order valence-electron chi connectivity index (χ1n) is 5.08. The molecule has 0 fully saturated rings. The minimum atomic E-state index is -2.55. The number of para-hydroxylation sites is 1. The van der Waals surface area contributed by atoms with E-state index in [0.717, 1.165) is 0 Å². The summed E-state index contributed by atoms with van der Waals surface area (Å²) in [6, 6.07) is 6.62. The van der Waals surface area contributed by atoms with Gasteiger partial charge < -0.3 is 4.74 Å². The molecule has 0 aromatic heterocycles. The van der Waals surface area contributed by atoms with Gasteiger partial charge in [0.05, 0.1) is 5.69 Å². The van der Waals surface area contributed by atoms with E-state index >= 15 is 0 Å². The summed E-state index contributed by atoms with van der Waals surface area (Å²) in [5.41, 5.74) is 0.671. The smallest absolute Gasteiger partial charge is 0.358 e. The number of rotatable bonds is 3. The van der Waals surface area contributed by atoms with Crippen molar-refractivity contribution in [3.05, 3.63) is 42.5 Å². The van der Waals surface area contributed by atoms with Gasteiger partial charge in [-0.25, -0.2) is 9.79 Å². The highest BCUT2D eigenvalue weighted by atomic mass is 32.2. The van der Waals surface area contributed by atoms with Crippen molar-refractivity contribution in [2.24, 2.45) is 4.99 Å². The summed E-state index contributed by atoms with van der Waals surface area (Å²) in [4.78, 5) is 15.6. The molecule has 6 heteroatoms. The second-order valence-electron chi connectivity index (χ2n) is 3.43. The maximum Gasteiger partial charge on any atom is 0.358 e. The molecule has 0 bridgehead atoms. The van der Waals surface area contributed by atoms with Crippen molar-refractivity contribution in [2.45, 2.75) is 0 Å². The molecule has 18 heavy (non-hydrogen) atoms. The van der Waals surface area contributed by atoms with Crippen LogP contribution in [0.5, 0.6) is 0 Å². The number of hydrogen-bond donors (Lipinski definition) is 0. The average molecular weight is 263 g/mol. The lowest BCUT2D eigenvalue weighted by Crippen LogP contribution is -2.25. The van der Waals surface area contributed by atoms with Crippen molar-refractivity contribution in [3.8, 4) is 0 Å². The summed E-state index contributed by atoms with van der Waals surface area (Å²) < 4.78 is 27.2. The quantitative estimate of drug-likeness (QED) is 0.461. The van der Waals surface area contributed by atoms with Gasteiger partial charge in [0.15, 0.2) is 5.71 Å². The van der Waals surface area contributed by atoms with Crippen LogP contribution >= 0.6 is 0 Å². The largest absolute Gasteiger partial charge is 0.457 e. The first-order valence-corrected chi connectivity index (χ1v) is 6.15. The molecule has 92 valence electrons. The van der Waals surface area contributed by atoms with Gasteiger partial charge in [-0.3, -0.25) is 0 Å². The van der Waals surface area contributed by atoms with Crippen LogP contribution in [0.2, 0.25) is 0 Å². The molecule has 0 saturated heterocycles. The molecule has 0 amide bonds. The zero-order valence-corrected chi connectivity index (χ0v) is 10.1. The fraction of sp³-hybridized carbons (Fsp3) is 0.0833. The van der Waals surface area contributed by atoms with Gasteiger partial charge >= 0.3 is 5.97 Å². The summed E-state index contributed by atoms with van der Waals surface area (Å²) in [5.74, 6) is -0.773. The molecule has 0 atom stereocenters. The SMILES string of the molecule is C=CCOC(=O)C1=Nc2ccccc2C1=S(=O)=O. The normalized spacial score (nSPS) is 12.7. The van der Waals surface area contributed by atoms with Crippen LogP contribution in [0.3, 0.4) is 0 Å². The molecule has 0 N–H and O–H groups in total. The molecule has 1 aliphatic rings. The predicted octanol–water partition coefficient (Wildman–Crippen LogP) is 0.901. The molecule has 0 radical (unpaired) electrons. The van der Waals surface area contributed by atoms with Crippen molar-refractivity contribution in [2.75, 3.05) is 6.61 Å². The van der Waals surface area contributed by atoms with E-state index < -0.39 is 16.3 Å². The lowest BCUT2D eigenvalue weighted by molar-refractivity contribution is -0.134. The Labute approximate surface area is 105 Å². The van der Waals surface area contributed by atoms with Crippen molar-refractivity contribution in [3.63, 3.8) is 0 Å². The van der Waals surface area contributed by atoms with Crippen molar-refractivity contribution in [1.82, 2.24) is 0 Å². The van der Waals surface area contributed by atoms with Crippen LogP contribution in [-0.4, -0.2) is 31.6 Å². The number of hydrogen-bond acceptors (Lipinski definition) is 5. The van der Waals surface area contributed by atoms with Gasteiger partial charge in [0, 0.05) is 5.56 Å². The molecule has 1 aromatic rings. The zero-order chi connectivity index (χ0) is 13.1. The van der Waals surface area contributed by atoms with Crippen LogP contribution in [-0.2, 0) is 19.8 Å². The second-order valence-corrected chi connectivity index (χ2v) is 4.31. The van der Waals surface area contributed by atoms with E-state index in [1.165, 1.54) is 6.08 Å². The summed E-state index contributed by atoms with van der Waals surface area (Å²) in [6.45, 7) is 3.41. The monoisotopic (exact) mass is 263 g/mol. The lowest BCUT2D eigenvalue weighted by atomic mass is 10.1. The number of benzene rings is 1. The Morgan fingerprint density at radius 3 is 2.78 bits per heavy atom. The van der Waals surface area contributed by atoms with Crippen LogP contribution in [0.4, 0.5) is 5.69 Å². The molecular weight excluding hydrogens is 254 g/mol. The first-order chi connectivity index (χ1) is 8.65. The van der Waals surface area contributed by atoms with Gasteiger partial charge in [0.2, 0.25) is 10.3 Å². The maximum atomic E-state index is 11.7. The third-order valence-electron chi connectivity index (χ3n) is 2.29. The molecule has 0 unspecified atom stereocenters. The van der Waals surface area contributed by atoms with Gasteiger partial charge in [0.1, 0.15) is 11.5 Å². The van der Waals surface area contributed by atoms with Gasteiger partial charge in [-0.2, -0.15) is 8.42 Å². The van der Waals surface area contributed by atoms with Gasteiger partial charge in [-0.15, -0.1) is 0 Å². The predicted molar refractivity (Wildman–Crippen MR) is 67.7 cm³/mol. The lowest BCUT2D eigenvalue weighted by Gasteiger charge is -2.00. The molecule has 1 heterocycles. The molecule has 1 aliphatic heterocycles. The molecular formula is C12H9NO4S. The summed E-state index contributed by atoms with van der Waals surface area (Å²) in [6.07, 6.45) is 1.40. The van der Waals surface area contributed by atoms with Crippen LogP contribution in [0.15, 0.2) is 41.9 Å². The molecule has 0 saturated carbocycles. The summed E-state index contributed by atoms with van der Waals surface area (Å²) >= 11 is 0. The Kier molecular flexibility index (Phi) is 3.38. The standard InChI is InChI=1S/C12H9NO4S/c1-2-7-17-12(14)10-11(18(15)16)8-5-3-4-6-9(8)13-10/h2-6H,1,7H2. The van der Waals surface area contributed by atoms with Gasteiger partial charge in [0.25, 0.3) is 0 Å². The van der Waals surface area contributed by atoms with E-state index in [1.807, 2.05) is 0 Å². The highest BCUT2D eigenvalue weighted by Gasteiger charge is 2.29. The number of fused-ring (bicyclic) bond motifs is 1. The van der Waals surface area contributed by atoms with Crippen molar-refractivity contribution in [1.29, 1.82) is 0 Å². The molecule has 2 rings (SSSR count). The number of esters is 1. The number of ether oxygens (including phenoxy) is 1. The number of carbonyl (C=O) groups is 1. The van der Waals surface area contributed by atoms with E-state index in [4.69, 9.17) is 4.74 Å². The van der Waals surface area contributed by atoms with Crippen molar-refractivity contribution < 1.29 is 17.9 Å². The van der Waals surface area contributed by atoms with E-state index in [-0.39, 0.29) is 17.2 Å². The number of nitrogens with zero attached hydrogens (tertiary/aromatic N) is 1. The maximum absolute atomic E-state index is 11.7. The Balaban J connectivity index is 2.49. The van der Waals surface area contributed by atoms with Crippen LogP contribution < -0.4 is 0 Å². The second kappa shape index (κ2) is 4.97. The molecule has 0 spiro atoms. The highest BCUT2D eigenvalue weighted by molar-refractivity contribution is 7.75. The minimum Gasteiger partial charge on any atom is -0.457 e. The van der Waals surface area contributed by atoms with Crippen LogP contribution in [0.25, 0.3) is 0 Å². The number of aliphatic imine (C=N–C) groups is 1. The Bertz CT molecular complexity index is 678. The number of carbonyl (C=O) groups excluding carboxylic acids is 1. The van der Waals surface area contributed by atoms with Crippen LogP contribution in [0.1, 0.15) is 5.56 Å². The fourth-order valence-corrected chi connectivity index (χ4v) is 2.21. The minimum absolute atomic E-state index is 0.00692. The van der Waals surface area contributed by atoms with E-state index in [1.54, 1.807) is 24.3 Å². The van der Waals surface area contributed by atoms with Crippen LogP contribution in [0, 0.1) is 0 Å². The van der Waals surface area contributed by atoms with Crippen molar-refractivity contribution >= 4 is 32.5 Å². The fourth-order valence-electron chi connectivity index (χ4n) is 1.57. The third kappa shape index (κ3) is 2.10. The average Bonchev–Trinajstić information content (AvgIpc) is 2.75. The topological polar surface area (TPSA) is 72.8 Å². The molecule has 1 aromatic carbocycles. The Hall–Kier alpha value is -2.21. The highest BCUT2D eigenvalue weighted by Crippen LogP contribution is 2.26. The van der Waals surface area contributed by atoms with E-state index in [0.29, 0.717) is 11.3 Å². The zero-order valence-electron chi connectivity index (χ0n) is 9.29. The van der Waals surface area contributed by atoms with Gasteiger partial charge in [-0.1, -0.05) is 30.9 Å².